The number of nitrogens with two attached hydrogens (primary N) is 1. The summed E-state index contributed by atoms with van der Waals surface area (Å²) < 4.78 is 0. The average Bonchev–Trinajstić information content (AvgIpc) is 3.28. The number of para-hydroxylation sites is 1. The van der Waals surface area contributed by atoms with Crippen molar-refractivity contribution in [2.45, 2.75) is 18.9 Å². The minimum Gasteiger partial charge on any atom is -0.366 e. The van der Waals surface area contributed by atoms with Gasteiger partial charge in [0.2, 0.25) is 5.91 Å². The van der Waals surface area contributed by atoms with Gasteiger partial charge in [-0.15, -0.1) is 0 Å². The molecule has 154 valence electrons. The first-order valence-electron chi connectivity index (χ1n) is 10.6. The number of amides is 1. The van der Waals surface area contributed by atoms with Crippen LogP contribution in [0.3, 0.4) is 0 Å². The van der Waals surface area contributed by atoms with Crippen LogP contribution in [0.1, 0.15) is 34.0 Å². The summed E-state index contributed by atoms with van der Waals surface area (Å²) in [4.78, 5) is 23.7. The lowest BCUT2D eigenvalue weighted by Gasteiger charge is -2.17. The fourth-order valence-electron chi connectivity index (χ4n) is 4.40. The molecular formula is C26H24N4O. The molecule has 0 spiro atoms. The Morgan fingerprint density at radius 1 is 1.03 bits per heavy atom. The molecule has 0 radical (unpaired) electrons. The second-order valence-corrected chi connectivity index (χ2v) is 8.11. The topological polar surface area (TPSA) is 72.1 Å². The van der Waals surface area contributed by atoms with Crippen LogP contribution in [0.15, 0.2) is 79.0 Å². The molecule has 1 amide bonds. The molecule has 2 N–H and O–H groups in total. The number of aromatic nitrogens is 2. The average molecular weight is 409 g/mol. The molecule has 1 saturated heterocycles. The molecule has 1 aliphatic rings. The maximum absolute atomic E-state index is 12.0. The van der Waals surface area contributed by atoms with Gasteiger partial charge in [0.15, 0.2) is 0 Å². The number of nitrogens with zero attached hydrogens (tertiary/aromatic N) is 3. The van der Waals surface area contributed by atoms with E-state index in [1.165, 1.54) is 5.56 Å². The number of carbonyl (C=O) groups excluding carboxylic acids is 1. The van der Waals surface area contributed by atoms with E-state index in [1.807, 2.05) is 54.7 Å². The Balaban J connectivity index is 1.31. The van der Waals surface area contributed by atoms with Crippen LogP contribution >= 0.6 is 0 Å². The standard InChI is InChI=1S/C26H24N4O/c27-26(31)22-15-25(29-24-7-2-1-5-21(22)24)20-12-14-30(17-20)16-18-8-10-19(11-9-18)23-6-3-4-13-28-23/h1-11,13,15,20H,12,14,16-17H2,(H2,27,31)/t20-/m0/s1. The zero-order chi connectivity index (χ0) is 21.2. The van der Waals surface area contributed by atoms with Crippen LogP contribution in [0.2, 0.25) is 0 Å². The number of hydrogen-bond acceptors (Lipinski definition) is 4. The van der Waals surface area contributed by atoms with Crippen LogP contribution in [0.5, 0.6) is 0 Å². The summed E-state index contributed by atoms with van der Waals surface area (Å²) in [5.41, 5.74) is 11.4. The van der Waals surface area contributed by atoms with Crippen LogP contribution in [-0.2, 0) is 6.54 Å². The van der Waals surface area contributed by atoms with Gasteiger partial charge in [-0.1, -0.05) is 48.5 Å². The molecule has 0 aliphatic carbocycles. The third-order valence-electron chi connectivity index (χ3n) is 6.01. The number of rotatable bonds is 5. The molecule has 5 rings (SSSR count). The van der Waals surface area contributed by atoms with E-state index in [0.29, 0.717) is 11.5 Å². The lowest BCUT2D eigenvalue weighted by atomic mass is 9.99. The zero-order valence-corrected chi connectivity index (χ0v) is 17.2. The van der Waals surface area contributed by atoms with Crippen molar-refractivity contribution < 1.29 is 4.79 Å². The maximum atomic E-state index is 12.0. The van der Waals surface area contributed by atoms with Gasteiger partial charge in [-0.3, -0.25) is 19.7 Å². The van der Waals surface area contributed by atoms with E-state index >= 15 is 0 Å². The fraction of sp³-hybridized carbons (Fsp3) is 0.192. The van der Waals surface area contributed by atoms with Gasteiger partial charge in [0.1, 0.15) is 0 Å². The zero-order valence-electron chi connectivity index (χ0n) is 17.2. The molecule has 0 unspecified atom stereocenters. The summed E-state index contributed by atoms with van der Waals surface area (Å²) in [6, 6.07) is 24.2. The third kappa shape index (κ3) is 4.05. The highest BCUT2D eigenvalue weighted by atomic mass is 16.1. The molecule has 5 heteroatoms. The molecule has 31 heavy (non-hydrogen) atoms. The van der Waals surface area contributed by atoms with E-state index in [0.717, 1.165) is 53.9 Å². The van der Waals surface area contributed by atoms with Gasteiger partial charge in [0, 0.05) is 41.8 Å². The molecule has 2 aromatic heterocycles. The van der Waals surface area contributed by atoms with Crippen molar-refractivity contribution in [3.05, 3.63) is 95.8 Å². The van der Waals surface area contributed by atoms with Gasteiger partial charge < -0.3 is 5.73 Å². The van der Waals surface area contributed by atoms with Crippen LogP contribution in [0, 0.1) is 0 Å². The van der Waals surface area contributed by atoms with Crippen molar-refractivity contribution in [2.75, 3.05) is 13.1 Å². The Labute approximate surface area is 181 Å². The summed E-state index contributed by atoms with van der Waals surface area (Å²) in [6.45, 7) is 2.83. The molecule has 5 nitrogen and oxygen atoms in total. The Morgan fingerprint density at radius 2 is 1.84 bits per heavy atom. The summed E-state index contributed by atoms with van der Waals surface area (Å²) in [5.74, 6) is -0.0989. The van der Waals surface area contributed by atoms with E-state index in [2.05, 4.69) is 34.1 Å². The van der Waals surface area contributed by atoms with Crippen molar-refractivity contribution >= 4 is 16.8 Å². The van der Waals surface area contributed by atoms with Crippen molar-refractivity contribution in [1.82, 2.24) is 14.9 Å². The SMILES string of the molecule is NC(=O)c1cc([C@H]2CCN(Cc3ccc(-c4ccccn4)cc3)C2)nc2ccccc12. The van der Waals surface area contributed by atoms with Gasteiger partial charge >= 0.3 is 0 Å². The Morgan fingerprint density at radius 3 is 2.61 bits per heavy atom. The largest absolute Gasteiger partial charge is 0.366 e. The summed E-state index contributed by atoms with van der Waals surface area (Å²) >= 11 is 0. The quantitative estimate of drug-likeness (QED) is 0.532. The Bertz CT molecular complexity index is 1220. The minimum absolute atomic E-state index is 0.301. The third-order valence-corrected chi connectivity index (χ3v) is 6.01. The number of primary amides is 1. The first-order valence-corrected chi connectivity index (χ1v) is 10.6. The molecule has 3 heterocycles. The molecule has 0 saturated carbocycles. The summed E-state index contributed by atoms with van der Waals surface area (Å²) in [7, 11) is 0. The number of carbonyl (C=O) groups is 1. The van der Waals surface area contributed by atoms with Gasteiger partial charge in [-0.05, 0) is 42.8 Å². The smallest absolute Gasteiger partial charge is 0.249 e. The van der Waals surface area contributed by atoms with Gasteiger partial charge in [-0.25, -0.2) is 0 Å². The molecule has 0 bridgehead atoms. The molecule has 1 fully saturated rings. The normalized spacial score (nSPS) is 16.6. The number of pyridine rings is 2. The molecule has 2 aromatic carbocycles. The lowest BCUT2D eigenvalue weighted by molar-refractivity contribution is 0.100. The van der Waals surface area contributed by atoms with E-state index < -0.39 is 5.91 Å². The van der Waals surface area contributed by atoms with Crippen LogP contribution in [0.4, 0.5) is 0 Å². The number of benzene rings is 2. The Kier molecular flexibility index (Phi) is 5.18. The highest BCUT2D eigenvalue weighted by molar-refractivity contribution is 6.05. The highest BCUT2D eigenvalue weighted by Gasteiger charge is 2.26. The van der Waals surface area contributed by atoms with Gasteiger partial charge in [-0.2, -0.15) is 0 Å². The van der Waals surface area contributed by atoms with Crippen molar-refractivity contribution in [1.29, 1.82) is 0 Å². The van der Waals surface area contributed by atoms with E-state index in [4.69, 9.17) is 10.7 Å². The predicted octanol–water partition coefficient (Wildman–Crippen LogP) is 4.39. The predicted molar refractivity (Wildman–Crippen MR) is 123 cm³/mol. The number of likely N-dealkylation sites (tertiary alicyclic amines) is 1. The van der Waals surface area contributed by atoms with Gasteiger partial charge in [0.25, 0.3) is 0 Å². The Hall–Kier alpha value is -3.57. The van der Waals surface area contributed by atoms with Gasteiger partial charge in [0.05, 0.1) is 16.8 Å². The lowest BCUT2D eigenvalue weighted by Crippen LogP contribution is -2.20. The highest BCUT2D eigenvalue weighted by Crippen LogP contribution is 2.30. The van der Waals surface area contributed by atoms with Crippen LogP contribution in [0.25, 0.3) is 22.2 Å². The van der Waals surface area contributed by atoms with E-state index in [-0.39, 0.29) is 0 Å². The first kappa shape index (κ1) is 19.4. The monoisotopic (exact) mass is 408 g/mol. The fourth-order valence-corrected chi connectivity index (χ4v) is 4.40. The number of fused-ring (bicyclic) bond motifs is 1. The molecule has 1 atom stereocenters. The summed E-state index contributed by atoms with van der Waals surface area (Å²) in [5, 5.41) is 0.821. The van der Waals surface area contributed by atoms with Crippen molar-refractivity contribution in [3.8, 4) is 11.3 Å². The second-order valence-electron chi connectivity index (χ2n) is 8.11. The second kappa shape index (κ2) is 8.28. The summed E-state index contributed by atoms with van der Waals surface area (Å²) in [6.07, 6.45) is 2.84. The van der Waals surface area contributed by atoms with Crippen LogP contribution < -0.4 is 5.73 Å². The maximum Gasteiger partial charge on any atom is 0.249 e. The van der Waals surface area contributed by atoms with E-state index in [9.17, 15) is 4.79 Å². The van der Waals surface area contributed by atoms with Crippen LogP contribution in [-0.4, -0.2) is 33.9 Å². The minimum atomic E-state index is -0.400. The van der Waals surface area contributed by atoms with E-state index in [1.54, 1.807) is 0 Å². The molecule has 4 aromatic rings. The van der Waals surface area contributed by atoms with Crippen molar-refractivity contribution in [2.24, 2.45) is 5.73 Å². The first-order chi connectivity index (χ1) is 15.2. The van der Waals surface area contributed by atoms with Crippen molar-refractivity contribution in [3.63, 3.8) is 0 Å². The number of hydrogen-bond donors (Lipinski definition) is 1. The molecule has 1 aliphatic heterocycles. The molecular weight excluding hydrogens is 384 g/mol.